The van der Waals surface area contributed by atoms with E-state index >= 15 is 0 Å². The molecule has 1 fully saturated rings. The van der Waals surface area contributed by atoms with E-state index in [0.717, 1.165) is 12.2 Å². The van der Waals surface area contributed by atoms with E-state index in [1.54, 1.807) is 0 Å². The largest absolute Gasteiger partial charge is 0.420 e. The van der Waals surface area contributed by atoms with Crippen LogP contribution in [-0.2, 0) is 16.5 Å². The zero-order valence-corrected chi connectivity index (χ0v) is 21.9. The van der Waals surface area contributed by atoms with Crippen LogP contribution in [0.25, 0.3) is 0 Å². The maximum absolute atomic E-state index is 6.47. The Bertz CT molecular complexity index is 656. The Labute approximate surface area is 170 Å². The minimum absolute atomic E-state index is 0.428. The fourth-order valence-electron chi connectivity index (χ4n) is 3.41. The lowest BCUT2D eigenvalue weighted by atomic mass is 10.4. The SMILES string of the molecule is C[SiH]1O[SiH](C)O[Si](C)(CCP(c2ccccc2)c2ccccc2)O[SiH](C)O1. The number of benzene rings is 2. The highest BCUT2D eigenvalue weighted by Crippen LogP contribution is 2.37. The van der Waals surface area contributed by atoms with Crippen LogP contribution >= 0.6 is 7.92 Å². The van der Waals surface area contributed by atoms with Crippen molar-refractivity contribution >= 4 is 54.9 Å². The predicted octanol–water partition coefficient (Wildman–Crippen LogP) is 2.82. The monoisotopic (exact) mass is 452 g/mol. The molecule has 4 nitrogen and oxygen atoms in total. The van der Waals surface area contributed by atoms with E-state index in [-0.39, 0.29) is 0 Å². The summed E-state index contributed by atoms with van der Waals surface area (Å²) in [6, 6.07) is 22.7. The van der Waals surface area contributed by atoms with Gasteiger partial charge in [0.15, 0.2) is 0 Å². The average molecular weight is 453 g/mol. The van der Waals surface area contributed by atoms with Gasteiger partial charge in [-0.05, 0) is 56.9 Å². The van der Waals surface area contributed by atoms with Gasteiger partial charge in [-0.15, -0.1) is 0 Å². The molecule has 27 heavy (non-hydrogen) atoms. The van der Waals surface area contributed by atoms with Crippen LogP contribution in [-0.4, -0.2) is 42.6 Å². The minimum atomic E-state index is -2.29. The summed E-state index contributed by atoms with van der Waals surface area (Å²) in [6.45, 7) is 8.49. The third-order valence-corrected chi connectivity index (χ3v) is 21.4. The lowest BCUT2D eigenvalue weighted by molar-refractivity contribution is 0.275. The first kappa shape index (κ1) is 21.3. The first-order chi connectivity index (χ1) is 13.0. The van der Waals surface area contributed by atoms with E-state index in [9.17, 15) is 0 Å². The third kappa shape index (κ3) is 6.28. The van der Waals surface area contributed by atoms with Gasteiger partial charge < -0.3 is 16.5 Å². The molecule has 1 aliphatic rings. The first-order valence-corrected chi connectivity index (χ1v) is 19.8. The summed E-state index contributed by atoms with van der Waals surface area (Å²) in [5.41, 5.74) is 0. The number of hydrogen-bond donors (Lipinski definition) is 0. The lowest BCUT2D eigenvalue weighted by Gasteiger charge is -2.37. The first-order valence-electron chi connectivity index (χ1n) is 9.49. The summed E-state index contributed by atoms with van der Waals surface area (Å²) in [5.74, 6) is 0. The number of hydrogen-bond acceptors (Lipinski definition) is 4. The number of rotatable bonds is 5. The highest BCUT2D eigenvalue weighted by molar-refractivity contribution is 7.73. The van der Waals surface area contributed by atoms with Gasteiger partial charge in [0.1, 0.15) is 0 Å². The predicted molar refractivity (Wildman–Crippen MR) is 124 cm³/mol. The van der Waals surface area contributed by atoms with Crippen molar-refractivity contribution in [3.05, 3.63) is 60.7 Å². The molecule has 2 aromatic carbocycles. The molecule has 2 atom stereocenters. The molecule has 0 saturated carbocycles. The van der Waals surface area contributed by atoms with E-state index < -0.39 is 44.3 Å². The Morgan fingerprint density at radius 1 is 0.741 bits per heavy atom. The van der Waals surface area contributed by atoms with Crippen molar-refractivity contribution in [2.75, 3.05) is 6.16 Å². The molecule has 0 spiro atoms. The van der Waals surface area contributed by atoms with Gasteiger partial charge in [0.2, 0.25) is 0 Å². The Morgan fingerprint density at radius 2 is 1.19 bits per heavy atom. The van der Waals surface area contributed by atoms with Crippen LogP contribution in [0.5, 0.6) is 0 Å². The molecular formula is C18H29O4PSi4. The van der Waals surface area contributed by atoms with Crippen molar-refractivity contribution in [2.24, 2.45) is 0 Å². The third-order valence-electron chi connectivity index (χ3n) is 4.52. The molecule has 2 aromatic rings. The topological polar surface area (TPSA) is 36.9 Å². The van der Waals surface area contributed by atoms with Crippen molar-refractivity contribution in [3.8, 4) is 0 Å². The molecule has 1 heterocycles. The summed E-state index contributed by atoms with van der Waals surface area (Å²) in [4.78, 5) is 0. The smallest absolute Gasteiger partial charge is 0.317 e. The molecule has 3 rings (SSSR count). The molecule has 0 aliphatic carbocycles. The molecule has 0 N–H and O–H groups in total. The Morgan fingerprint density at radius 3 is 1.63 bits per heavy atom. The molecule has 1 saturated heterocycles. The molecule has 1 aliphatic heterocycles. The second kappa shape index (κ2) is 9.86. The summed E-state index contributed by atoms with van der Waals surface area (Å²) < 4.78 is 25.1. The van der Waals surface area contributed by atoms with Crippen molar-refractivity contribution < 1.29 is 16.5 Å². The Hall–Kier alpha value is -0.422. The van der Waals surface area contributed by atoms with Gasteiger partial charge >= 0.3 is 8.56 Å². The molecule has 0 aromatic heterocycles. The van der Waals surface area contributed by atoms with Crippen LogP contribution in [0, 0.1) is 0 Å². The molecule has 2 unspecified atom stereocenters. The van der Waals surface area contributed by atoms with Crippen LogP contribution in [0.1, 0.15) is 0 Å². The lowest BCUT2D eigenvalue weighted by Crippen LogP contribution is -2.53. The van der Waals surface area contributed by atoms with Crippen LogP contribution in [0.3, 0.4) is 0 Å². The maximum Gasteiger partial charge on any atom is 0.317 e. The van der Waals surface area contributed by atoms with Crippen LogP contribution < -0.4 is 10.6 Å². The molecule has 0 bridgehead atoms. The zero-order chi connectivity index (χ0) is 19.3. The second-order valence-corrected chi connectivity index (χ2v) is 19.5. The van der Waals surface area contributed by atoms with Crippen molar-refractivity contribution in [2.45, 2.75) is 32.2 Å². The molecular weight excluding hydrogens is 424 g/mol. The van der Waals surface area contributed by atoms with Crippen LogP contribution in [0.4, 0.5) is 0 Å². The van der Waals surface area contributed by atoms with E-state index in [4.69, 9.17) is 16.5 Å². The normalized spacial score (nSPS) is 29.3. The van der Waals surface area contributed by atoms with Gasteiger partial charge in [-0.2, -0.15) is 0 Å². The molecule has 0 radical (unpaired) electrons. The van der Waals surface area contributed by atoms with Crippen molar-refractivity contribution in [3.63, 3.8) is 0 Å². The highest BCUT2D eigenvalue weighted by Gasteiger charge is 2.39. The van der Waals surface area contributed by atoms with E-state index in [0.29, 0.717) is 0 Å². The van der Waals surface area contributed by atoms with E-state index in [2.05, 4.69) is 86.9 Å². The van der Waals surface area contributed by atoms with Crippen molar-refractivity contribution in [1.82, 2.24) is 0 Å². The standard InChI is InChI=1S/C18H29O4PSi4/c1-24-19-25(2)21-27(4,22-26(3)20-24)16-15-23(17-11-7-5-8-12-17)18-13-9-6-10-14-18/h5-14,24-26H,15-16H2,1-4H3. The van der Waals surface area contributed by atoms with Crippen LogP contribution in [0.2, 0.25) is 32.2 Å². The Kier molecular flexibility index (Phi) is 7.78. The molecule has 9 heteroatoms. The quantitative estimate of drug-likeness (QED) is 0.516. The van der Waals surface area contributed by atoms with Gasteiger partial charge in [0.05, 0.1) is 0 Å². The van der Waals surface area contributed by atoms with Crippen molar-refractivity contribution in [1.29, 1.82) is 0 Å². The van der Waals surface area contributed by atoms with Crippen LogP contribution in [0.15, 0.2) is 60.7 Å². The summed E-state index contributed by atoms with van der Waals surface area (Å²) in [7, 11) is -7.67. The summed E-state index contributed by atoms with van der Waals surface area (Å²) in [6.07, 6.45) is 1.07. The average Bonchev–Trinajstić information content (AvgIpc) is 2.62. The van der Waals surface area contributed by atoms with Gasteiger partial charge in [-0.3, -0.25) is 0 Å². The van der Waals surface area contributed by atoms with E-state index in [1.807, 2.05) is 0 Å². The van der Waals surface area contributed by atoms with Gasteiger partial charge in [-0.25, -0.2) is 0 Å². The van der Waals surface area contributed by atoms with Gasteiger partial charge in [-0.1, -0.05) is 60.7 Å². The molecule has 146 valence electrons. The maximum atomic E-state index is 6.47. The zero-order valence-electron chi connectivity index (χ0n) is 16.5. The van der Waals surface area contributed by atoms with E-state index in [1.165, 1.54) is 10.6 Å². The fraction of sp³-hybridized carbons (Fsp3) is 0.333. The molecule has 0 amide bonds. The highest BCUT2D eigenvalue weighted by atomic mass is 31.1. The fourth-order valence-corrected chi connectivity index (χ4v) is 21.7. The van der Waals surface area contributed by atoms with Gasteiger partial charge in [0, 0.05) is 0 Å². The Balaban J connectivity index is 1.77. The minimum Gasteiger partial charge on any atom is -0.420 e. The second-order valence-electron chi connectivity index (χ2n) is 6.92. The van der Waals surface area contributed by atoms with Gasteiger partial charge in [0.25, 0.3) is 27.9 Å². The summed E-state index contributed by atoms with van der Waals surface area (Å²) >= 11 is 0. The summed E-state index contributed by atoms with van der Waals surface area (Å²) in [5, 5.41) is 2.82.